The van der Waals surface area contributed by atoms with Crippen molar-refractivity contribution in [1.82, 2.24) is 4.98 Å². The molecule has 0 radical (unpaired) electrons. The highest BCUT2D eigenvalue weighted by Gasteiger charge is 2.07. The maximum atomic E-state index is 5.98. The molecule has 0 aliphatic rings. The second kappa shape index (κ2) is 5.51. The van der Waals surface area contributed by atoms with Gasteiger partial charge < -0.3 is 10.5 Å². The third-order valence-electron chi connectivity index (χ3n) is 3.05. The summed E-state index contributed by atoms with van der Waals surface area (Å²) in [5.74, 6) is 0.741. The second-order valence-corrected chi connectivity index (χ2v) is 5.39. The fraction of sp³-hybridized carbons (Fsp3) is 0.0625. The van der Waals surface area contributed by atoms with Gasteiger partial charge in [0.25, 0.3) is 0 Å². The lowest BCUT2D eigenvalue weighted by atomic mass is 10.1. The van der Waals surface area contributed by atoms with E-state index in [4.69, 9.17) is 10.5 Å². The summed E-state index contributed by atoms with van der Waals surface area (Å²) >= 11 is 3.41. The minimum atomic E-state index is 0.512. The van der Waals surface area contributed by atoms with Crippen molar-refractivity contribution in [1.29, 1.82) is 0 Å². The molecule has 20 heavy (non-hydrogen) atoms. The van der Waals surface area contributed by atoms with E-state index < -0.39 is 0 Å². The third-order valence-corrected chi connectivity index (χ3v) is 3.48. The van der Waals surface area contributed by atoms with Crippen molar-refractivity contribution in [3.05, 3.63) is 64.8 Å². The predicted octanol–water partition coefficient (Wildman–Crippen LogP) is 4.16. The number of anilines is 1. The number of nitrogens with two attached hydrogens (primary N) is 1. The zero-order valence-electron chi connectivity index (χ0n) is 10.7. The van der Waals surface area contributed by atoms with E-state index in [9.17, 15) is 0 Å². The summed E-state index contributed by atoms with van der Waals surface area (Å²) in [7, 11) is 0. The predicted molar refractivity (Wildman–Crippen MR) is 84.6 cm³/mol. The van der Waals surface area contributed by atoms with Crippen LogP contribution in [0.5, 0.6) is 5.75 Å². The highest BCUT2D eigenvalue weighted by molar-refractivity contribution is 9.10. The molecule has 0 aliphatic heterocycles. The molecule has 1 heterocycles. The van der Waals surface area contributed by atoms with Crippen LogP contribution in [0.2, 0.25) is 0 Å². The van der Waals surface area contributed by atoms with Gasteiger partial charge in [-0.2, -0.15) is 0 Å². The zero-order valence-corrected chi connectivity index (χ0v) is 12.3. The van der Waals surface area contributed by atoms with Crippen molar-refractivity contribution >= 4 is 32.5 Å². The van der Waals surface area contributed by atoms with Crippen LogP contribution in [0.15, 0.2) is 59.2 Å². The molecule has 0 saturated carbocycles. The van der Waals surface area contributed by atoms with Gasteiger partial charge in [-0.1, -0.05) is 30.3 Å². The molecule has 0 unspecified atom stereocenters. The second-order valence-electron chi connectivity index (χ2n) is 4.48. The van der Waals surface area contributed by atoms with Gasteiger partial charge in [0.1, 0.15) is 17.9 Å². The van der Waals surface area contributed by atoms with Gasteiger partial charge in [0, 0.05) is 21.7 Å². The van der Waals surface area contributed by atoms with Gasteiger partial charge in [-0.25, -0.2) is 0 Å². The van der Waals surface area contributed by atoms with E-state index in [2.05, 4.69) is 20.9 Å². The summed E-state index contributed by atoms with van der Waals surface area (Å²) in [5.41, 5.74) is 8.58. The van der Waals surface area contributed by atoms with E-state index in [-0.39, 0.29) is 0 Å². The van der Waals surface area contributed by atoms with E-state index in [1.54, 1.807) is 6.20 Å². The fourth-order valence-corrected chi connectivity index (χ4v) is 2.37. The largest absolute Gasteiger partial charge is 0.487 e. The Morgan fingerprint density at radius 1 is 1.10 bits per heavy atom. The van der Waals surface area contributed by atoms with Gasteiger partial charge in [-0.3, -0.25) is 4.98 Å². The summed E-state index contributed by atoms with van der Waals surface area (Å²) in [6.45, 7) is 0.512. The first kappa shape index (κ1) is 12.9. The summed E-state index contributed by atoms with van der Waals surface area (Å²) in [6.07, 6.45) is 1.75. The Morgan fingerprint density at radius 2 is 1.90 bits per heavy atom. The molecule has 2 aromatic carbocycles. The van der Waals surface area contributed by atoms with Gasteiger partial charge in [-0.05, 0) is 39.7 Å². The zero-order chi connectivity index (χ0) is 13.9. The molecule has 0 saturated heterocycles. The normalized spacial score (nSPS) is 10.7. The van der Waals surface area contributed by atoms with Crippen molar-refractivity contribution in [3.8, 4) is 5.75 Å². The van der Waals surface area contributed by atoms with Crippen molar-refractivity contribution in [3.63, 3.8) is 0 Å². The summed E-state index contributed by atoms with van der Waals surface area (Å²) in [4.78, 5) is 4.40. The molecular formula is C16H13BrN2O. The molecule has 4 heteroatoms. The average molecular weight is 329 g/mol. The van der Waals surface area contributed by atoms with Crippen LogP contribution < -0.4 is 10.5 Å². The van der Waals surface area contributed by atoms with Crippen molar-refractivity contribution in [2.45, 2.75) is 6.61 Å². The van der Waals surface area contributed by atoms with Gasteiger partial charge in [0.05, 0.1) is 0 Å². The number of hydrogen-bond acceptors (Lipinski definition) is 3. The SMILES string of the molecule is Nc1ccc(OCc2ccccc2)c2ncc(Br)cc12. The fourth-order valence-electron chi connectivity index (χ4n) is 2.04. The number of nitrogen functional groups attached to an aromatic ring is 1. The van der Waals surface area contributed by atoms with Crippen LogP contribution in [0.4, 0.5) is 5.69 Å². The van der Waals surface area contributed by atoms with E-state index in [0.717, 1.165) is 26.7 Å². The van der Waals surface area contributed by atoms with E-state index in [1.165, 1.54) is 0 Å². The van der Waals surface area contributed by atoms with Crippen LogP contribution in [0.3, 0.4) is 0 Å². The maximum Gasteiger partial charge on any atom is 0.146 e. The monoisotopic (exact) mass is 328 g/mol. The Bertz CT molecular complexity index is 744. The summed E-state index contributed by atoms with van der Waals surface area (Å²) < 4.78 is 6.77. The lowest BCUT2D eigenvalue weighted by Gasteiger charge is -2.10. The number of aromatic nitrogens is 1. The van der Waals surface area contributed by atoms with Gasteiger partial charge in [0.2, 0.25) is 0 Å². The molecule has 0 amide bonds. The van der Waals surface area contributed by atoms with E-state index >= 15 is 0 Å². The Kier molecular flexibility index (Phi) is 3.56. The van der Waals surface area contributed by atoms with Crippen LogP contribution in [0.25, 0.3) is 10.9 Å². The molecule has 3 nitrogen and oxygen atoms in total. The summed E-state index contributed by atoms with van der Waals surface area (Å²) in [5, 5.41) is 0.893. The lowest BCUT2D eigenvalue weighted by molar-refractivity contribution is 0.309. The first-order chi connectivity index (χ1) is 9.74. The topological polar surface area (TPSA) is 48.1 Å². The molecule has 1 aromatic heterocycles. The molecule has 0 spiro atoms. The van der Waals surface area contributed by atoms with E-state index in [1.807, 2.05) is 48.5 Å². The van der Waals surface area contributed by atoms with Crippen LogP contribution in [-0.4, -0.2) is 4.98 Å². The van der Waals surface area contributed by atoms with Crippen molar-refractivity contribution < 1.29 is 4.74 Å². The van der Waals surface area contributed by atoms with Crippen LogP contribution in [0, 0.1) is 0 Å². The molecule has 100 valence electrons. The third kappa shape index (κ3) is 2.60. The molecule has 0 aliphatic carbocycles. The van der Waals surface area contributed by atoms with Crippen molar-refractivity contribution in [2.24, 2.45) is 0 Å². The number of halogens is 1. The minimum absolute atomic E-state index is 0.512. The van der Waals surface area contributed by atoms with E-state index in [0.29, 0.717) is 12.3 Å². The van der Waals surface area contributed by atoms with Crippen molar-refractivity contribution in [2.75, 3.05) is 5.73 Å². The Balaban J connectivity index is 1.94. The maximum absolute atomic E-state index is 5.98. The lowest BCUT2D eigenvalue weighted by Crippen LogP contribution is -1.98. The highest BCUT2D eigenvalue weighted by atomic mass is 79.9. The number of pyridine rings is 1. The Labute approximate surface area is 125 Å². The Morgan fingerprint density at radius 3 is 2.70 bits per heavy atom. The number of ether oxygens (including phenoxy) is 1. The van der Waals surface area contributed by atoms with Crippen LogP contribution in [0.1, 0.15) is 5.56 Å². The number of hydrogen-bond donors (Lipinski definition) is 1. The van der Waals surface area contributed by atoms with Gasteiger partial charge >= 0.3 is 0 Å². The number of fused-ring (bicyclic) bond motifs is 1. The van der Waals surface area contributed by atoms with Crippen LogP contribution in [-0.2, 0) is 6.61 Å². The molecule has 3 rings (SSSR count). The highest BCUT2D eigenvalue weighted by Crippen LogP contribution is 2.30. The average Bonchev–Trinajstić information content (AvgIpc) is 2.48. The summed E-state index contributed by atoms with van der Waals surface area (Å²) in [6, 6.07) is 15.7. The number of benzene rings is 2. The Hall–Kier alpha value is -2.07. The molecule has 3 aromatic rings. The first-order valence-corrected chi connectivity index (χ1v) is 7.04. The van der Waals surface area contributed by atoms with Gasteiger partial charge in [-0.15, -0.1) is 0 Å². The standard InChI is InChI=1S/C16H13BrN2O/c17-12-8-13-14(18)6-7-15(16(13)19-9-12)20-10-11-4-2-1-3-5-11/h1-9H,10,18H2. The van der Waals surface area contributed by atoms with Crippen LogP contribution >= 0.6 is 15.9 Å². The molecule has 2 N–H and O–H groups in total. The first-order valence-electron chi connectivity index (χ1n) is 6.24. The molecule has 0 bridgehead atoms. The molecular weight excluding hydrogens is 316 g/mol. The van der Waals surface area contributed by atoms with Gasteiger partial charge in [0.15, 0.2) is 0 Å². The smallest absolute Gasteiger partial charge is 0.146 e. The number of rotatable bonds is 3. The number of nitrogens with zero attached hydrogens (tertiary/aromatic N) is 1. The quantitative estimate of drug-likeness (QED) is 0.734. The molecule has 0 fully saturated rings. The minimum Gasteiger partial charge on any atom is -0.487 e. The molecule has 0 atom stereocenters.